The van der Waals surface area contributed by atoms with Crippen molar-refractivity contribution in [2.24, 2.45) is 5.92 Å². The minimum Gasteiger partial charge on any atom is -0.464 e. The minimum atomic E-state index is -0.538. The number of β-amino-alcohol motifs (C(OH)–C–C–N with tert-alkyl or cyclic N) is 1. The highest BCUT2D eigenvalue weighted by atomic mass is 35.5. The van der Waals surface area contributed by atoms with Gasteiger partial charge in [-0.1, -0.05) is 11.6 Å². The minimum absolute atomic E-state index is 0.00478. The Balaban J connectivity index is 1.45. The van der Waals surface area contributed by atoms with Crippen molar-refractivity contribution in [1.82, 2.24) is 15.1 Å². The maximum Gasteiger partial charge on any atom is 0.227 e. The normalized spacial score (nSPS) is 19.9. The first-order valence-electron chi connectivity index (χ1n) is 9.03. The van der Waals surface area contributed by atoms with Gasteiger partial charge in [-0.25, -0.2) is 0 Å². The summed E-state index contributed by atoms with van der Waals surface area (Å²) in [6.45, 7) is 4.74. The number of aromatic amines is 1. The van der Waals surface area contributed by atoms with Crippen LogP contribution in [-0.2, 0) is 17.6 Å². The van der Waals surface area contributed by atoms with Crippen LogP contribution in [0.3, 0.4) is 0 Å². The van der Waals surface area contributed by atoms with Gasteiger partial charge in [0.1, 0.15) is 5.58 Å². The van der Waals surface area contributed by atoms with Gasteiger partial charge >= 0.3 is 0 Å². The van der Waals surface area contributed by atoms with E-state index in [4.69, 9.17) is 16.0 Å². The molecule has 0 radical (unpaired) electrons. The van der Waals surface area contributed by atoms with Gasteiger partial charge in [0.2, 0.25) is 5.91 Å². The van der Waals surface area contributed by atoms with E-state index in [1.54, 1.807) is 11.2 Å². The number of benzene rings is 1. The molecule has 0 aliphatic carbocycles. The van der Waals surface area contributed by atoms with E-state index in [2.05, 4.69) is 10.2 Å². The van der Waals surface area contributed by atoms with Crippen molar-refractivity contribution in [1.29, 1.82) is 0 Å². The van der Waals surface area contributed by atoms with Crippen LogP contribution in [0.2, 0.25) is 5.02 Å². The first kappa shape index (κ1) is 18.1. The molecule has 3 aromatic rings. The van der Waals surface area contributed by atoms with E-state index in [1.165, 1.54) is 0 Å². The van der Waals surface area contributed by atoms with Gasteiger partial charge in [-0.2, -0.15) is 5.10 Å². The van der Waals surface area contributed by atoms with Crippen LogP contribution < -0.4 is 0 Å². The zero-order chi connectivity index (χ0) is 19.1. The summed E-state index contributed by atoms with van der Waals surface area (Å²) in [4.78, 5) is 14.5. The van der Waals surface area contributed by atoms with E-state index < -0.39 is 6.10 Å². The highest BCUT2D eigenvalue weighted by Crippen LogP contribution is 2.29. The fourth-order valence-corrected chi connectivity index (χ4v) is 3.88. The number of amides is 1. The number of fused-ring (bicyclic) bond motifs is 1. The molecule has 2 aromatic heterocycles. The lowest BCUT2D eigenvalue weighted by Gasteiger charge is -2.15. The third kappa shape index (κ3) is 3.59. The summed E-state index contributed by atoms with van der Waals surface area (Å²) in [6.07, 6.45) is 1.96. The number of nitrogens with zero attached hydrogens (tertiary/aromatic N) is 2. The van der Waals surface area contributed by atoms with E-state index in [9.17, 15) is 9.90 Å². The van der Waals surface area contributed by atoms with Gasteiger partial charge in [-0.3, -0.25) is 9.89 Å². The molecule has 1 amide bonds. The molecule has 3 heterocycles. The molecule has 6 nitrogen and oxygen atoms in total. The summed E-state index contributed by atoms with van der Waals surface area (Å²) >= 11 is 6.22. The number of aryl methyl sites for hydroxylation is 2. The molecule has 1 saturated heterocycles. The van der Waals surface area contributed by atoms with Gasteiger partial charge in [-0.15, -0.1) is 0 Å². The second-order valence-electron chi connectivity index (χ2n) is 7.41. The second-order valence-corrected chi connectivity index (χ2v) is 7.82. The highest BCUT2D eigenvalue weighted by molar-refractivity contribution is 6.32. The van der Waals surface area contributed by atoms with Gasteiger partial charge in [0.25, 0.3) is 0 Å². The predicted molar refractivity (Wildman–Crippen MR) is 103 cm³/mol. The average Bonchev–Trinajstić information content (AvgIpc) is 3.30. The summed E-state index contributed by atoms with van der Waals surface area (Å²) in [6, 6.07) is 5.70. The second kappa shape index (κ2) is 7.02. The summed E-state index contributed by atoms with van der Waals surface area (Å²) in [7, 11) is 0. The Morgan fingerprint density at radius 2 is 2.19 bits per heavy atom. The zero-order valence-electron chi connectivity index (χ0n) is 15.3. The summed E-state index contributed by atoms with van der Waals surface area (Å²) in [5.41, 5.74) is 4.39. The first-order chi connectivity index (χ1) is 12.9. The molecule has 1 aliphatic heterocycles. The Labute approximate surface area is 162 Å². The Kier molecular flexibility index (Phi) is 4.70. The van der Waals surface area contributed by atoms with E-state index in [-0.39, 0.29) is 18.2 Å². The van der Waals surface area contributed by atoms with Crippen molar-refractivity contribution in [2.75, 3.05) is 13.1 Å². The quantitative estimate of drug-likeness (QED) is 0.720. The lowest BCUT2D eigenvalue weighted by molar-refractivity contribution is -0.129. The molecule has 0 saturated carbocycles. The lowest BCUT2D eigenvalue weighted by Crippen LogP contribution is -2.30. The number of carbonyl (C=O) groups excluding carboxylic acids is 1. The summed E-state index contributed by atoms with van der Waals surface area (Å²) in [5, 5.41) is 19.0. The Morgan fingerprint density at radius 3 is 2.93 bits per heavy atom. The standard InChI is InChI=1S/C20H22ClN3O3/c1-11-3-19-16(7-17(11)21)14(10-27-19)6-20(26)24-8-13(18(25)9-24)5-15-4-12(2)22-23-15/h3-4,7,10,13,18,25H,5-6,8-9H2,1-2H3,(H,22,23)/t13-,18+/m1/s1. The van der Waals surface area contributed by atoms with Crippen molar-refractivity contribution in [3.63, 3.8) is 0 Å². The molecule has 2 N–H and O–H groups in total. The van der Waals surface area contributed by atoms with Crippen molar-refractivity contribution in [3.8, 4) is 0 Å². The summed E-state index contributed by atoms with van der Waals surface area (Å²) in [5.74, 6) is -0.0241. The Morgan fingerprint density at radius 1 is 1.37 bits per heavy atom. The summed E-state index contributed by atoms with van der Waals surface area (Å²) < 4.78 is 5.58. The molecule has 142 valence electrons. The third-order valence-corrected chi connectivity index (χ3v) is 5.67. The molecule has 1 fully saturated rings. The molecule has 4 rings (SSSR count). The van der Waals surface area contributed by atoms with E-state index >= 15 is 0 Å². The molecule has 7 heteroatoms. The number of hydrogen-bond donors (Lipinski definition) is 2. The number of furan rings is 1. The number of aliphatic hydroxyl groups is 1. The van der Waals surface area contributed by atoms with Crippen molar-refractivity contribution in [2.45, 2.75) is 32.8 Å². The lowest BCUT2D eigenvalue weighted by atomic mass is 10.0. The smallest absolute Gasteiger partial charge is 0.227 e. The number of H-pyrrole nitrogens is 1. The molecular formula is C20H22ClN3O3. The van der Waals surface area contributed by atoms with Crippen LogP contribution >= 0.6 is 11.6 Å². The number of rotatable bonds is 4. The van der Waals surface area contributed by atoms with Crippen LogP contribution in [-0.4, -0.2) is 45.3 Å². The van der Waals surface area contributed by atoms with Crippen molar-refractivity contribution >= 4 is 28.5 Å². The topological polar surface area (TPSA) is 82.4 Å². The number of nitrogens with one attached hydrogen (secondary N) is 1. The van der Waals surface area contributed by atoms with Gasteiger partial charge in [-0.05, 0) is 44.0 Å². The van der Waals surface area contributed by atoms with Gasteiger partial charge in [0, 0.05) is 40.7 Å². The van der Waals surface area contributed by atoms with Crippen LogP contribution in [0.1, 0.15) is 22.5 Å². The van der Waals surface area contributed by atoms with E-state index in [1.807, 2.05) is 32.0 Å². The number of aliphatic hydroxyl groups excluding tert-OH is 1. The maximum absolute atomic E-state index is 12.8. The molecule has 1 aromatic carbocycles. The van der Waals surface area contributed by atoms with Gasteiger partial charge in [0.15, 0.2) is 0 Å². The van der Waals surface area contributed by atoms with Crippen LogP contribution in [0.5, 0.6) is 0 Å². The fourth-order valence-electron chi connectivity index (χ4n) is 3.72. The largest absolute Gasteiger partial charge is 0.464 e. The fraction of sp³-hybridized carbons (Fsp3) is 0.400. The van der Waals surface area contributed by atoms with Crippen LogP contribution in [0, 0.1) is 19.8 Å². The third-order valence-electron chi connectivity index (χ3n) is 5.27. The molecule has 2 atom stereocenters. The number of likely N-dealkylation sites (tertiary alicyclic amines) is 1. The molecular weight excluding hydrogens is 366 g/mol. The number of halogens is 1. The molecule has 0 unspecified atom stereocenters. The van der Waals surface area contributed by atoms with Crippen molar-refractivity contribution in [3.05, 3.63) is 52.0 Å². The van der Waals surface area contributed by atoms with Crippen LogP contribution in [0.15, 0.2) is 28.9 Å². The Bertz CT molecular complexity index is 994. The predicted octanol–water partition coefficient (Wildman–Crippen LogP) is 3.03. The molecule has 0 spiro atoms. The molecule has 27 heavy (non-hydrogen) atoms. The number of hydrogen-bond acceptors (Lipinski definition) is 4. The van der Waals surface area contributed by atoms with Gasteiger partial charge in [0.05, 0.1) is 24.5 Å². The zero-order valence-corrected chi connectivity index (χ0v) is 16.1. The number of carbonyl (C=O) groups is 1. The van der Waals surface area contributed by atoms with Gasteiger partial charge < -0.3 is 14.4 Å². The SMILES string of the molecule is Cc1cc(C[C@@H]2CN(C(=O)Cc3coc4cc(C)c(Cl)cc34)C[C@@H]2O)n[nH]1. The monoisotopic (exact) mass is 387 g/mol. The maximum atomic E-state index is 12.8. The van der Waals surface area contributed by atoms with Crippen LogP contribution in [0.4, 0.5) is 0 Å². The van der Waals surface area contributed by atoms with Crippen LogP contribution in [0.25, 0.3) is 11.0 Å². The number of aromatic nitrogens is 2. The van der Waals surface area contributed by atoms with Crippen molar-refractivity contribution < 1.29 is 14.3 Å². The highest BCUT2D eigenvalue weighted by Gasteiger charge is 2.34. The average molecular weight is 388 g/mol. The van der Waals surface area contributed by atoms with E-state index in [0.717, 1.165) is 33.5 Å². The Hall–Kier alpha value is -2.31. The van der Waals surface area contributed by atoms with E-state index in [0.29, 0.717) is 24.5 Å². The molecule has 1 aliphatic rings. The first-order valence-corrected chi connectivity index (χ1v) is 9.41. The molecule has 0 bridgehead atoms.